The fourth-order valence-corrected chi connectivity index (χ4v) is 1.44. The summed E-state index contributed by atoms with van der Waals surface area (Å²) in [5.41, 5.74) is 0. The summed E-state index contributed by atoms with van der Waals surface area (Å²) in [5.74, 6) is 0.819. The van der Waals surface area contributed by atoms with Gasteiger partial charge < -0.3 is 0 Å². The van der Waals surface area contributed by atoms with E-state index in [1.54, 1.807) is 0 Å². The van der Waals surface area contributed by atoms with Gasteiger partial charge in [0.1, 0.15) is 0 Å². The van der Waals surface area contributed by atoms with Crippen molar-refractivity contribution in [1.29, 1.82) is 0 Å². The van der Waals surface area contributed by atoms with Crippen LogP contribution in [0.15, 0.2) is 0 Å². The van der Waals surface area contributed by atoms with Crippen LogP contribution in [-0.4, -0.2) is 11.1 Å². The predicted octanol–water partition coefficient (Wildman–Crippen LogP) is 3.19. The molecule has 1 nitrogen and oxygen atoms in total. The van der Waals surface area contributed by atoms with Gasteiger partial charge in [-0.2, -0.15) is 0 Å². The molecule has 0 aromatic carbocycles. The highest BCUT2D eigenvalue weighted by Gasteiger charge is 2.09. The molecule has 0 spiro atoms. The minimum atomic E-state index is -0.272. The van der Waals surface area contributed by atoms with E-state index in [1.165, 1.54) is 0 Å². The molecule has 0 aliphatic carbocycles. The Balaban J connectivity index is 3.49. The first kappa shape index (κ1) is 11.2. The Morgan fingerprint density at radius 3 is 2.55 bits per heavy atom. The Hall–Kier alpha value is 0.250. The Morgan fingerprint density at radius 2 is 2.18 bits per heavy atom. The molecule has 0 aliphatic rings. The lowest BCUT2D eigenvalue weighted by atomic mass is 10.0. The number of hydrogen-bond acceptors (Lipinski definition) is 1. The van der Waals surface area contributed by atoms with Gasteiger partial charge in [-0.1, -0.05) is 19.8 Å². The van der Waals surface area contributed by atoms with Crippen LogP contribution in [0.4, 0.5) is 0 Å². The van der Waals surface area contributed by atoms with Crippen molar-refractivity contribution >= 4 is 28.4 Å². The molecule has 1 atom stereocenters. The summed E-state index contributed by atoms with van der Waals surface area (Å²) < 4.78 is 0. The van der Waals surface area contributed by atoms with Gasteiger partial charge >= 0.3 is 0 Å². The van der Waals surface area contributed by atoms with Gasteiger partial charge in [-0.05, 0) is 23.9 Å². The smallest absolute Gasteiger partial charge is 0.221 e. The Bertz CT molecular complexity index is 115. The van der Waals surface area contributed by atoms with Crippen LogP contribution in [0.3, 0.4) is 0 Å². The van der Waals surface area contributed by atoms with E-state index < -0.39 is 0 Å². The summed E-state index contributed by atoms with van der Waals surface area (Å²) in [5, 5.41) is -0.272. The van der Waals surface area contributed by atoms with Gasteiger partial charge in [0.05, 0.1) is 0 Å². The maximum Gasteiger partial charge on any atom is 0.221 e. The van der Waals surface area contributed by atoms with E-state index in [0.717, 1.165) is 19.3 Å². The second-order valence-corrected chi connectivity index (χ2v) is 3.45. The molecule has 66 valence electrons. The molecule has 0 heterocycles. The van der Waals surface area contributed by atoms with Crippen LogP contribution >= 0.6 is 23.2 Å². The molecule has 0 N–H and O–H groups in total. The van der Waals surface area contributed by atoms with Gasteiger partial charge in [0.25, 0.3) is 0 Å². The summed E-state index contributed by atoms with van der Waals surface area (Å²) in [6.45, 7) is 2.12. The standard InChI is InChI=1S/C8H14Cl2O/c1-2-3-4-7(6-9)5-8(10)11/h7H,2-6H2,1H3/t7-/m1/s1. The number of unbranched alkanes of at least 4 members (excludes halogenated alkanes) is 1. The highest BCUT2D eigenvalue weighted by molar-refractivity contribution is 6.63. The molecule has 0 radical (unpaired) electrons. The van der Waals surface area contributed by atoms with Gasteiger partial charge in [-0.15, -0.1) is 11.6 Å². The van der Waals surface area contributed by atoms with Crippen molar-refractivity contribution in [3.8, 4) is 0 Å². The van der Waals surface area contributed by atoms with Gasteiger partial charge in [-0.3, -0.25) is 4.79 Å². The molecule has 3 heteroatoms. The molecule has 11 heavy (non-hydrogen) atoms. The minimum absolute atomic E-state index is 0.272. The lowest BCUT2D eigenvalue weighted by molar-refractivity contribution is -0.112. The van der Waals surface area contributed by atoms with Crippen molar-refractivity contribution in [3.05, 3.63) is 0 Å². The van der Waals surface area contributed by atoms with E-state index in [0.29, 0.717) is 12.3 Å². The fraction of sp³-hybridized carbons (Fsp3) is 0.875. The van der Waals surface area contributed by atoms with Crippen molar-refractivity contribution in [1.82, 2.24) is 0 Å². The third kappa shape index (κ3) is 6.64. The SMILES string of the molecule is CCCC[C@@H](CCl)CC(=O)Cl. The van der Waals surface area contributed by atoms with Crippen molar-refractivity contribution < 1.29 is 4.79 Å². The molecule has 0 saturated carbocycles. The van der Waals surface area contributed by atoms with Crippen molar-refractivity contribution in [2.75, 3.05) is 5.88 Å². The number of alkyl halides is 1. The Labute approximate surface area is 78.1 Å². The van der Waals surface area contributed by atoms with Crippen LogP contribution in [0.1, 0.15) is 32.6 Å². The zero-order chi connectivity index (χ0) is 8.69. The lowest BCUT2D eigenvalue weighted by Crippen LogP contribution is -2.05. The first-order chi connectivity index (χ1) is 5.20. The van der Waals surface area contributed by atoms with E-state index in [9.17, 15) is 4.79 Å². The summed E-state index contributed by atoms with van der Waals surface area (Å²) in [7, 11) is 0. The van der Waals surface area contributed by atoms with Crippen LogP contribution in [0.2, 0.25) is 0 Å². The number of carbonyl (C=O) groups is 1. The van der Waals surface area contributed by atoms with E-state index in [2.05, 4.69) is 6.92 Å². The van der Waals surface area contributed by atoms with Crippen LogP contribution < -0.4 is 0 Å². The highest BCUT2D eigenvalue weighted by Crippen LogP contribution is 2.15. The minimum Gasteiger partial charge on any atom is -0.281 e. The fourth-order valence-electron chi connectivity index (χ4n) is 0.954. The molecule has 0 rings (SSSR count). The summed E-state index contributed by atoms with van der Waals surface area (Å²) in [6, 6.07) is 0. The summed E-state index contributed by atoms with van der Waals surface area (Å²) in [6.07, 6.45) is 3.70. The monoisotopic (exact) mass is 196 g/mol. The number of rotatable bonds is 6. The molecule has 0 aliphatic heterocycles. The molecule has 0 amide bonds. The summed E-state index contributed by atoms with van der Waals surface area (Å²) in [4.78, 5) is 10.5. The number of hydrogen-bond donors (Lipinski definition) is 0. The number of carbonyl (C=O) groups excluding carboxylic acids is 1. The average Bonchev–Trinajstić information content (AvgIpc) is 1.97. The second kappa shape index (κ2) is 6.93. The van der Waals surface area contributed by atoms with Crippen molar-refractivity contribution in [3.63, 3.8) is 0 Å². The zero-order valence-corrected chi connectivity index (χ0v) is 8.29. The Kier molecular flexibility index (Phi) is 7.09. The van der Waals surface area contributed by atoms with Gasteiger partial charge in [0.15, 0.2) is 0 Å². The first-order valence-corrected chi connectivity index (χ1v) is 4.86. The van der Waals surface area contributed by atoms with E-state index >= 15 is 0 Å². The number of halogens is 2. The van der Waals surface area contributed by atoms with Crippen LogP contribution in [0, 0.1) is 5.92 Å². The van der Waals surface area contributed by atoms with Crippen LogP contribution in [0.5, 0.6) is 0 Å². The molecule has 0 unspecified atom stereocenters. The quantitative estimate of drug-likeness (QED) is 0.472. The summed E-state index contributed by atoms with van der Waals surface area (Å²) >= 11 is 10.9. The Morgan fingerprint density at radius 1 is 1.55 bits per heavy atom. The largest absolute Gasteiger partial charge is 0.281 e. The molecule has 0 fully saturated rings. The molecule has 0 saturated heterocycles. The van der Waals surface area contributed by atoms with E-state index in [-0.39, 0.29) is 11.2 Å². The van der Waals surface area contributed by atoms with E-state index in [4.69, 9.17) is 23.2 Å². The van der Waals surface area contributed by atoms with Gasteiger partial charge in [-0.25, -0.2) is 0 Å². The second-order valence-electron chi connectivity index (χ2n) is 2.72. The molecular formula is C8H14Cl2O. The third-order valence-electron chi connectivity index (χ3n) is 1.63. The molecular weight excluding hydrogens is 183 g/mol. The van der Waals surface area contributed by atoms with Gasteiger partial charge in [0, 0.05) is 12.3 Å². The highest BCUT2D eigenvalue weighted by atomic mass is 35.5. The van der Waals surface area contributed by atoms with Crippen molar-refractivity contribution in [2.45, 2.75) is 32.6 Å². The zero-order valence-electron chi connectivity index (χ0n) is 6.78. The average molecular weight is 197 g/mol. The molecule has 0 aromatic rings. The van der Waals surface area contributed by atoms with Gasteiger partial charge in [0.2, 0.25) is 5.24 Å². The third-order valence-corrected chi connectivity index (χ3v) is 2.22. The van der Waals surface area contributed by atoms with Crippen LogP contribution in [-0.2, 0) is 4.79 Å². The maximum atomic E-state index is 10.5. The molecule has 0 aromatic heterocycles. The molecule has 0 bridgehead atoms. The van der Waals surface area contributed by atoms with E-state index in [1.807, 2.05) is 0 Å². The van der Waals surface area contributed by atoms with Crippen molar-refractivity contribution in [2.24, 2.45) is 5.92 Å². The predicted molar refractivity (Wildman–Crippen MR) is 49.2 cm³/mol. The van der Waals surface area contributed by atoms with Crippen LogP contribution in [0.25, 0.3) is 0 Å². The maximum absolute atomic E-state index is 10.5. The lowest BCUT2D eigenvalue weighted by Gasteiger charge is -2.09. The topological polar surface area (TPSA) is 17.1 Å². The normalized spacial score (nSPS) is 13.0. The first-order valence-electron chi connectivity index (χ1n) is 3.95.